The van der Waals surface area contributed by atoms with Crippen molar-refractivity contribution in [2.24, 2.45) is 0 Å². The summed E-state index contributed by atoms with van der Waals surface area (Å²) in [7, 11) is 1.96. The van der Waals surface area contributed by atoms with Crippen molar-refractivity contribution >= 4 is 21.4 Å². The van der Waals surface area contributed by atoms with E-state index < -0.39 is 0 Å². The van der Waals surface area contributed by atoms with Crippen LogP contribution < -0.4 is 5.32 Å². The fourth-order valence-corrected chi connectivity index (χ4v) is 3.33. The van der Waals surface area contributed by atoms with Gasteiger partial charge in [0.25, 0.3) is 0 Å². The number of fused-ring (bicyclic) bond motifs is 1. The molecule has 0 amide bonds. The van der Waals surface area contributed by atoms with Crippen molar-refractivity contribution < 1.29 is 0 Å². The van der Waals surface area contributed by atoms with Gasteiger partial charge < -0.3 is 9.88 Å². The van der Waals surface area contributed by atoms with Crippen LogP contribution in [-0.2, 0) is 13.1 Å². The van der Waals surface area contributed by atoms with Gasteiger partial charge in [0.05, 0.1) is 12.2 Å². The average Bonchev–Trinajstić information content (AvgIpc) is 2.98. The lowest BCUT2D eigenvalue weighted by atomic mass is 10.2. The van der Waals surface area contributed by atoms with Crippen LogP contribution in [0.4, 0.5) is 0 Å². The molecule has 0 aliphatic carbocycles. The van der Waals surface area contributed by atoms with Crippen LogP contribution in [0.3, 0.4) is 0 Å². The van der Waals surface area contributed by atoms with Crippen LogP contribution in [0.15, 0.2) is 35.8 Å². The molecule has 0 aliphatic rings. The minimum absolute atomic E-state index is 0.850. The van der Waals surface area contributed by atoms with E-state index >= 15 is 0 Å². The lowest BCUT2D eigenvalue weighted by Crippen LogP contribution is -2.12. The Kier molecular flexibility index (Phi) is 3.36. The average molecular weight is 271 g/mol. The number of thiophene rings is 1. The summed E-state index contributed by atoms with van der Waals surface area (Å²) in [6, 6.07) is 8.58. The zero-order chi connectivity index (χ0) is 13.2. The molecule has 0 unspecified atom stereocenters. The fourth-order valence-electron chi connectivity index (χ4n) is 2.38. The van der Waals surface area contributed by atoms with Gasteiger partial charge in [-0.1, -0.05) is 18.2 Å². The van der Waals surface area contributed by atoms with Gasteiger partial charge in [-0.15, -0.1) is 11.3 Å². The Labute approximate surface area is 116 Å². The van der Waals surface area contributed by atoms with Gasteiger partial charge in [0.15, 0.2) is 0 Å². The van der Waals surface area contributed by atoms with Crippen molar-refractivity contribution in [3.63, 3.8) is 0 Å². The third-order valence-corrected chi connectivity index (χ3v) is 4.40. The van der Waals surface area contributed by atoms with E-state index in [1.54, 1.807) is 0 Å². The maximum Gasteiger partial charge on any atom is 0.106 e. The molecule has 0 saturated heterocycles. The van der Waals surface area contributed by atoms with Gasteiger partial charge in [0, 0.05) is 17.4 Å². The number of hydrogen-bond acceptors (Lipinski definition) is 3. The molecule has 1 aromatic carbocycles. The monoisotopic (exact) mass is 271 g/mol. The Morgan fingerprint density at radius 2 is 2.16 bits per heavy atom. The Hall–Kier alpha value is -1.65. The molecular formula is C15H17N3S. The number of aryl methyl sites for hydroxylation is 1. The first-order valence-corrected chi connectivity index (χ1v) is 7.28. The summed E-state index contributed by atoms with van der Waals surface area (Å²) in [5.41, 5.74) is 2.61. The summed E-state index contributed by atoms with van der Waals surface area (Å²) in [6.45, 7) is 3.81. The smallest absolute Gasteiger partial charge is 0.106 e. The molecule has 4 heteroatoms. The third kappa shape index (κ3) is 2.29. The van der Waals surface area contributed by atoms with Crippen LogP contribution in [0.1, 0.15) is 17.1 Å². The van der Waals surface area contributed by atoms with Crippen LogP contribution in [0.2, 0.25) is 0 Å². The zero-order valence-corrected chi connectivity index (χ0v) is 12.0. The third-order valence-electron chi connectivity index (χ3n) is 3.39. The summed E-state index contributed by atoms with van der Waals surface area (Å²) in [6.07, 6.45) is 1.96. The topological polar surface area (TPSA) is 29.9 Å². The first-order valence-electron chi connectivity index (χ1n) is 6.40. The van der Waals surface area contributed by atoms with E-state index in [0.717, 1.165) is 18.9 Å². The molecule has 0 fully saturated rings. The van der Waals surface area contributed by atoms with Crippen LogP contribution >= 0.6 is 11.3 Å². The van der Waals surface area contributed by atoms with Gasteiger partial charge in [-0.2, -0.15) is 0 Å². The molecular weight excluding hydrogens is 254 g/mol. The Balaban J connectivity index is 1.99. The number of imidazole rings is 1. The van der Waals surface area contributed by atoms with Crippen molar-refractivity contribution in [3.8, 4) is 0 Å². The van der Waals surface area contributed by atoms with Crippen molar-refractivity contribution in [1.82, 2.24) is 14.9 Å². The van der Waals surface area contributed by atoms with E-state index in [4.69, 9.17) is 0 Å². The minimum atomic E-state index is 0.850. The van der Waals surface area contributed by atoms with Crippen molar-refractivity contribution in [3.05, 3.63) is 52.9 Å². The summed E-state index contributed by atoms with van der Waals surface area (Å²) in [5, 5.41) is 6.81. The highest BCUT2D eigenvalue weighted by Gasteiger charge is 2.09. The highest BCUT2D eigenvalue weighted by atomic mass is 32.1. The molecule has 0 spiro atoms. The molecule has 3 nitrogen and oxygen atoms in total. The van der Waals surface area contributed by atoms with Gasteiger partial charge in [-0.05, 0) is 36.4 Å². The van der Waals surface area contributed by atoms with E-state index in [2.05, 4.69) is 51.4 Å². The van der Waals surface area contributed by atoms with E-state index in [1.165, 1.54) is 21.3 Å². The van der Waals surface area contributed by atoms with E-state index in [0.29, 0.717) is 0 Å². The van der Waals surface area contributed by atoms with E-state index in [-0.39, 0.29) is 0 Å². The van der Waals surface area contributed by atoms with Crippen molar-refractivity contribution in [2.75, 3.05) is 7.05 Å². The molecule has 0 bridgehead atoms. The summed E-state index contributed by atoms with van der Waals surface area (Å²) in [4.78, 5) is 4.42. The molecule has 19 heavy (non-hydrogen) atoms. The van der Waals surface area contributed by atoms with Crippen LogP contribution in [0.25, 0.3) is 10.1 Å². The molecule has 2 heterocycles. The molecule has 0 aliphatic heterocycles. The molecule has 0 radical (unpaired) electrons. The second kappa shape index (κ2) is 5.15. The van der Waals surface area contributed by atoms with Gasteiger partial charge in [0.2, 0.25) is 0 Å². The molecule has 2 aromatic heterocycles. The number of benzene rings is 1. The SMILES string of the molecule is CNCc1cnc(C)n1Cc1csc2ccccc12. The predicted molar refractivity (Wildman–Crippen MR) is 80.7 cm³/mol. The second-order valence-electron chi connectivity index (χ2n) is 4.67. The van der Waals surface area contributed by atoms with E-state index in [9.17, 15) is 0 Å². The van der Waals surface area contributed by atoms with Gasteiger partial charge >= 0.3 is 0 Å². The highest BCUT2D eigenvalue weighted by molar-refractivity contribution is 7.17. The molecule has 1 N–H and O–H groups in total. The predicted octanol–water partition coefficient (Wildman–Crippen LogP) is 3.17. The first-order chi connectivity index (χ1) is 9.29. The highest BCUT2D eigenvalue weighted by Crippen LogP contribution is 2.26. The summed E-state index contributed by atoms with van der Waals surface area (Å²) in [5.74, 6) is 1.07. The quantitative estimate of drug-likeness (QED) is 0.790. The number of nitrogens with one attached hydrogen (secondary N) is 1. The van der Waals surface area contributed by atoms with Crippen LogP contribution in [-0.4, -0.2) is 16.6 Å². The van der Waals surface area contributed by atoms with Crippen LogP contribution in [0.5, 0.6) is 0 Å². The lowest BCUT2D eigenvalue weighted by Gasteiger charge is -2.09. The zero-order valence-electron chi connectivity index (χ0n) is 11.2. The number of rotatable bonds is 4. The Morgan fingerprint density at radius 3 is 3.00 bits per heavy atom. The normalized spacial score (nSPS) is 11.3. The second-order valence-corrected chi connectivity index (χ2v) is 5.58. The van der Waals surface area contributed by atoms with Crippen molar-refractivity contribution in [1.29, 1.82) is 0 Å². The van der Waals surface area contributed by atoms with E-state index in [1.807, 2.05) is 24.6 Å². The first kappa shape index (κ1) is 12.4. The summed E-state index contributed by atoms with van der Waals surface area (Å²) >= 11 is 1.81. The molecule has 3 rings (SSSR count). The van der Waals surface area contributed by atoms with Crippen molar-refractivity contribution in [2.45, 2.75) is 20.0 Å². The van der Waals surface area contributed by atoms with Gasteiger partial charge in [-0.25, -0.2) is 4.98 Å². The minimum Gasteiger partial charge on any atom is -0.327 e. The van der Waals surface area contributed by atoms with Crippen LogP contribution in [0, 0.1) is 6.92 Å². The number of aromatic nitrogens is 2. The van der Waals surface area contributed by atoms with Gasteiger partial charge in [-0.3, -0.25) is 0 Å². The van der Waals surface area contributed by atoms with Gasteiger partial charge in [0.1, 0.15) is 5.82 Å². The number of nitrogens with zero attached hydrogens (tertiary/aromatic N) is 2. The maximum atomic E-state index is 4.42. The molecule has 0 atom stereocenters. The molecule has 0 saturated carbocycles. The Bertz CT molecular complexity index is 696. The lowest BCUT2D eigenvalue weighted by molar-refractivity contribution is 0.679. The number of hydrogen-bond donors (Lipinski definition) is 1. The standard InChI is InChI=1S/C15H17N3S/c1-11-17-8-13(7-16-2)18(11)9-12-10-19-15-6-4-3-5-14(12)15/h3-6,8,10,16H,7,9H2,1-2H3. The summed E-state index contributed by atoms with van der Waals surface area (Å²) < 4.78 is 3.63. The largest absolute Gasteiger partial charge is 0.327 e. The molecule has 98 valence electrons. The molecule has 3 aromatic rings. The fraction of sp³-hybridized carbons (Fsp3) is 0.267. The maximum absolute atomic E-state index is 4.42. The Morgan fingerprint density at radius 1 is 1.32 bits per heavy atom.